The van der Waals surface area contributed by atoms with Crippen molar-refractivity contribution in [3.63, 3.8) is 0 Å². The van der Waals surface area contributed by atoms with Crippen LogP contribution in [0.5, 0.6) is 0 Å². The van der Waals surface area contributed by atoms with Gasteiger partial charge in [0.2, 0.25) is 47.3 Å². The van der Waals surface area contributed by atoms with E-state index < -0.39 is 164 Å². The number of aromatic amines is 1. The van der Waals surface area contributed by atoms with Crippen LogP contribution >= 0.6 is 12.6 Å². The first-order chi connectivity index (χ1) is 34.2. The van der Waals surface area contributed by atoms with Crippen LogP contribution in [0, 0.1) is 11.8 Å². The predicted octanol–water partition coefficient (Wildman–Crippen LogP) is -6.36. The summed E-state index contributed by atoms with van der Waals surface area (Å²) < 4.78 is 0. The van der Waals surface area contributed by atoms with Crippen molar-refractivity contribution in [2.75, 3.05) is 25.5 Å². The van der Waals surface area contributed by atoms with Gasteiger partial charge in [-0.15, -0.1) is 0 Å². The number of carboxylic acid groups (broad SMARTS) is 3. The van der Waals surface area contributed by atoms with Gasteiger partial charge in [0.25, 0.3) is 0 Å². The van der Waals surface area contributed by atoms with Crippen LogP contribution in [-0.4, -0.2) is 187 Å². The summed E-state index contributed by atoms with van der Waals surface area (Å²) >= 11 is 4.07. The van der Waals surface area contributed by atoms with Crippen molar-refractivity contribution in [2.24, 2.45) is 34.0 Å². The maximum Gasteiger partial charge on any atom is 0.326 e. The van der Waals surface area contributed by atoms with Crippen LogP contribution in [0.1, 0.15) is 78.3 Å². The van der Waals surface area contributed by atoms with Gasteiger partial charge in [0.1, 0.15) is 48.3 Å². The van der Waals surface area contributed by atoms with Gasteiger partial charge in [-0.1, -0.05) is 27.7 Å². The second kappa shape index (κ2) is 32.8. The Kier molecular flexibility index (Phi) is 28.7. The molecule has 0 saturated carbocycles. The molecule has 0 saturated heterocycles. The first-order valence-electron chi connectivity index (χ1n) is 22.9. The third-order valence-corrected chi connectivity index (χ3v) is 10.9. The minimum Gasteiger partial charge on any atom is -0.481 e. The number of aliphatic hydroxyl groups is 2. The number of hydrogen-bond donors (Lipinski definition) is 18. The third-order valence-electron chi connectivity index (χ3n) is 10.5. The molecular weight excluding hydrogens is 989 g/mol. The highest BCUT2D eigenvalue weighted by Gasteiger charge is 2.35. The Morgan fingerprint density at radius 2 is 1.01 bits per heavy atom. The van der Waals surface area contributed by atoms with Crippen molar-refractivity contribution in [3.05, 3.63) is 18.2 Å². The lowest BCUT2D eigenvalue weighted by atomic mass is 10.00. The molecule has 30 nitrogen and oxygen atoms in total. The molecule has 1 aromatic heterocycles. The maximum atomic E-state index is 13.8. The number of guanidine groups is 1. The zero-order valence-electron chi connectivity index (χ0n) is 40.8. The quantitative estimate of drug-likeness (QED) is 0.0130. The maximum absolute atomic E-state index is 13.8. The summed E-state index contributed by atoms with van der Waals surface area (Å²) in [5, 5.41) is 66.8. The Labute approximate surface area is 424 Å². The number of thiol groups is 1. The number of rotatable bonds is 35. The Bertz CT molecular complexity index is 2070. The smallest absolute Gasteiger partial charge is 0.326 e. The van der Waals surface area contributed by atoms with Crippen molar-refractivity contribution in [3.8, 4) is 0 Å². The van der Waals surface area contributed by atoms with Crippen LogP contribution in [0.3, 0.4) is 0 Å². The molecule has 0 fully saturated rings. The number of aromatic nitrogens is 2. The molecule has 0 aliphatic carbocycles. The number of amides is 8. The zero-order valence-corrected chi connectivity index (χ0v) is 41.7. The molecule has 1 heterocycles. The molecule has 0 aliphatic rings. The minimum atomic E-state index is -1.84. The molecule has 1 rings (SSSR count). The predicted molar refractivity (Wildman–Crippen MR) is 259 cm³/mol. The highest BCUT2D eigenvalue weighted by atomic mass is 32.1. The van der Waals surface area contributed by atoms with Crippen LogP contribution in [-0.2, 0) is 59.2 Å². The number of imidazole rings is 1. The van der Waals surface area contributed by atoms with Crippen molar-refractivity contribution in [1.82, 2.24) is 52.5 Å². The van der Waals surface area contributed by atoms with Gasteiger partial charge in [-0.05, 0) is 43.9 Å². The molecule has 0 aliphatic heterocycles. The van der Waals surface area contributed by atoms with E-state index in [2.05, 4.69) is 70.1 Å². The van der Waals surface area contributed by atoms with Crippen LogP contribution in [0.15, 0.2) is 17.5 Å². The Morgan fingerprint density at radius 3 is 1.45 bits per heavy atom. The van der Waals surface area contributed by atoms with Gasteiger partial charge in [0.05, 0.1) is 25.6 Å². The van der Waals surface area contributed by atoms with Crippen LogP contribution in [0.4, 0.5) is 0 Å². The Hall–Kier alpha value is -7.12. The molecule has 73 heavy (non-hydrogen) atoms. The molecule has 0 radical (unpaired) electrons. The SMILES string of the molecule is CC(C)C[C@H](NC(=O)[C@@H](N)C(C)C)C(=O)N[C@@H](CCC(=O)O)C(=O)N[C@@H](CCCN=C(N)N)C(=O)N[C@@H](CO)C(=O)N[C@@H](CS)C(=O)N[C@@H](CO)C(=O)N[C@@H](Cc1cnc[nH]1)C(=O)N[C@@H](CCC(=O)O)C(=O)O. The summed E-state index contributed by atoms with van der Waals surface area (Å²) in [5.74, 6) is -13.8. The number of carboxylic acids is 3. The number of H-pyrrole nitrogens is 1. The summed E-state index contributed by atoms with van der Waals surface area (Å²) in [6, 6.07) is -13.9. The second-order valence-electron chi connectivity index (χ2n) is 17.4. The number of hydrogen-bond acceptors (Lipinski definition) is 17. The molecular formula is C42H70N14O16S. The van der Waals surface area contributed by atoms with Crippen molar-refractivity contribution in [2.45, 2.75) is 133 Å². The Balaban J connectivity index is 3.32. The fourth-order valence-electron chi connectivity index (χ4n) is 6.42. The van der Waals surface area contributed by atoms with Gasteiger partial charge in [0.15, 0.2) is 5.96 Å². The molecule has 0 bridgehead atoms. The largest absolute Gasteiger partial charge is 0.481 e. The first-order valence-corrected chi connectivity index (χ1v) is 23.6. The van der Waals surface area contributed by atoms with E-state index in [9.17, 15) is 73.2 Å². The Morgan fingerprint density at radius 1 is 0.603 bits per heavy atom. The number of carbonyl (C=O) groups is 11. The van der Waals surface area contributed by atoms with E-state index in [1.165, 1.54) is 12.5 Å². The summed E-state index contributed by atoms with van der Waals surface area (Å²) in [6.45, 7) is 4.66. The average molecular weight is 1060 g/mol. The van der Waals surface area contributed by atoms with E-state index in [1.807, 2.05) is 0 Å². The van der Waals surface area contributed by atoms with E-state index in [1.54, 1.807) is 27.7 Å². The van der Waals surface area contributed by atoms with E-state index in [0.29, 0.717) is 0 Å². The number of nitrogens with two attached hydrogens (primary N) is 3. The molecule has 1 aromatic rings. The van der Waals surface area contributed by atoms with Crippen molar-refractivity contribution in [1.29, 1.82) is 0 Å². The van der Waals surface area contributed by atoms with Crippen LogP contribution in [0.2, 0.25) is 0 Å². The molecule has 0 unspecified atom stereocenters. The molecule has 8 amide bonds. The van der Waals surface area contributed by atoms with Gasteiger partial charge in [-0.25, -0.2) is 9.78 Å². The lowest BCUT2D eigenvalue weighted by Crippen LogP contribution is -2.61. The zero-order chi connectivity index (χ0) is 55.5. The molecule has 31 heteroatoms. The number of nitrogens with one attached hydrogen (secondary N) is 9. The number of aliphatic carboxylic acids is 3. The molecule has 0 spiro atoms. The highest BCUT2D eigenvalue weighted by molar-refractivity contribution is 7.80. The van der Waals surface area contributed by atoms with Crippen LogP contribution < -0.4 is 59.7 Å². The first kappa shape index (κ1) is 63.9. The van der Waals surface area contributed by atoms with Crippen LogP contribution in [0.25, 0.3) is 0 Å². The highest BCUT2D eigenvalue weighted by Crippen LogP contribution is 2.11. The molecule has 9 atom stereocenters. The standard InChI is InChI=1S/C42H70N14O16S/c1-19(2)12-25(53-40(70)32(43)20(3)4)35(65)50-23(7-9-30(59)60)34(64)49-22(6-5-11-47-42(44)45)33(63)54-28(16-58)38(68)56-29(17-73)39(69)55-27(15-57)37(67)52-26(13-21-14-46-18-48-21)36(66)51-24(41(71)72)8-10-31(61)62/h14,18-20,22-29,32,57-58,73H,5-13,15-17,43H2,1-4H3,(H,46,48)(H,49,64)(H,50,65)(H,51,66)(H,52,67)(H,53,70)(H,54,63)(H,55,69)(H,56,68)(H,59,60)(H,61,62)(H,71,72)(H4,44,45,47)/t22-,23-,24-,25-,26-,27-,28-,29-,32-/m0/s1. The molecule has 20 N–H and O–H groups in total. The van der Waals surface area contributed by atoms with Crippen molar-refractivity contribution >= 4 is 83.8 Å². The number of carbonyl (C=O) groups excluding carboxylic acids is 8. The summed E-state index contributed by atoms with van der Waals surface area (Å²) in [5.41, 5.74) is 17.1. The summed E-state index contributed by atoms with van der Waals surface area (Å²) in [4.78, 5) is 152. The van der Waals surface area contributed by atoms with Gasteiger partial charge in [-0.3, -0.25) is 52.9 Å². The van der Waals surface area contributed by atoms with Crippen molar-refractivity contribution < 1.29 is 78.3 Å². The van der Waals surface area contributed by atoms with Gasteiger partial charge < -0.3 is 90.3 Å². The fraction of sp³-hybridized carbons (Fsp3) is 0.643. The fourth-order valence-corrected chi connectivity index (χ4v) is 6.68. The monoisotopic (exact) mass is 1060 g/mol. The molecule has 0 aromatic carbocycles. The van der Waals surface area contributed by atoms with E-state index in [4.69, 9.17) is 22.3 Å². The van der Waals surface area contributed by atoms with E-state index in [-0.39, 0.29) is 55.7 Å². The van der Waals surface area contributed by atoms with Gasteiger partial charge >= 0.3 is 17.9 Å². The number of aliphatic imine (C=N–C) groups is 1. The number of aliphatic hydroxyl groups excluding tert-OH is 2. The lowest BCUT2D eigenvalue weighted by Gasteiger charge is -2.27. The minimum absolute atomic E-state index is 0.0166. The third kappa shape index (κ3) is 24.2. The average Bonchev–Trinajstić information content (AvgIpc) is 3.84. The normalized spacial score (nSPS) is 14.8. The summed E-state index contributed by atoms with van der Waals surface area (Å²) in [7, 11) is 0. The van der Waals surface area contributed by atoms with Gasteiger partial charge in [0, 0.05) is 43.5 Å². The lowest BCUT2D eigenvalue weighted by molar-refractivity contribution is -0.143. The molecule has 410 valence electrons. The van der Waals surface area contributed by atoms with E-state index in [0.717, 1.165) is 0 Å². The number of nitrogens with zero attached hydrogens (tertiary/aromatic N) is 2. The summed E-state index contributed by atoms with van der Waals surface area (Å²) in [6.07, 6.45) is -0.181. The topological polar surface area (TPSA) is 504 Å². The second-order valence-corrected chi connectivity index (χ2v) is 17.7. The van der Waals surface area contributed by atoms with Gasteiger partial charge in [-0.2, -0.15) is 12.6 Å². The van der Waals surface area contributed by atoms with E-state index >= 15 is 0 Å².